The highest BCUT2D eigenvalue weighted by Crippen LogP contribution is 2.46. The minimum atomic E-state index is -0.414. The monoisotopic (exact) mass is 378 g/mol. The van der Waals surface area contributed by atoms with Crippen molar-refractivity contribution in [2.24, 2.45) is 5.92 Å². The van der Waals surface area contributed by atoms with E-state index in [4.69, 9.17) is 0 Å². The number of unbranched alkanes of at least 4 members (excludes halogenated alkanes) is 2. The van der Waals surface area contributed by atoms with E-state index in [1.165, 1.54) is 25.7 Å². The Bertz CT molecular complexity index is 599. The highest BCUT2D eigenvalue weighted by molar-refractivity contribution is 8.03. The summed E-state index contributed by atoms with van der Waals surface area (Å²) in [6, 6.07) is 3.62. The van der Waals surface area contributed by atoms with E-state index in [-0.39, 0.29) is 11.5 Å². The highest BCUT2D eigenvalue weighted by atomic mass is 32.2. The van der Waals surface area contributed by atoms with Crippen LogP contribution in [0.1, 0.15) is 76.8 Å². The van der Waals surface area contributed by atoms with Crippen LogP contribution in [0.5, 0.6) is 11.5 Å². The number of aryl methyl sites for hydroxylation is 1. The van der Waals surface area contributed by atoms with Crippen LogP contribution in [0.2, 0.25) is 0 Å². The molecule has 3 N–H and O–H groups in total. The molecule has 0 saturated heterocycles. The van der Waals surface area contributed by atoms with Crippen LogP contribution in [0.15, 0.2) is 17.0 Å². The van der Waals surface area contributed by atoms with Crippen LogP contribution in [0.4, 0.5) is 0 Å². The predicted molar refractivity (Wildman–Crippen MR) is 112 cm³/mol. The third-order valence-electron chi connectivity index (χ3n) is 5.13. The largest absolute Gasteiger partial charge is 0.507 e. The van der Waals surface area contributed by atoms with Crippen molar-refractivity contribution in [1.29, 1.82) is 0 Å². The van der Waals surface area contributed by atoms with Gasteiger partial charge in [-0.2, -0.15) is 0 Å². The Labute approximate surface area is 162 Å². The van der Waals surface area contributed by atoms with Gasteiger partial charge in [-0.25, -0.2) is 0 Å². The maximum absolute atomic E-state index is 10.6. The number of rotatable bonds is 10. The summed E-state index contributed by atoms with van der Waals surface area (Å²) in [5.41, 5.74) is 2.55. The van der Waals surface area contributed by atoms with Crippen LogP contribution >= 0.6 is 11.8 Å². The minimum absolute atomic E-state index is 0.166. The summed E-state index contributed by atoms with van der Waals surface area (Å²) in [5, 5.41) is 30.8. The molecule has 146 valence electrons. The lowest BCUT2D eigenvalue weighted by Gasteiger charge is -2.15. The van der Waals surface area contributed by atoms with Gasteiger partial charge in [0, 0.05) is 12.2 Å². The van der Waals surface area contributed by atoms with Crippen molar-refractivity contribution in [3.63, 3.8) is 0 Å². The van der Waals surface area contributed by atoms with E-state index in [1.54, 1.807) is 18.7 Å². The summed E-state index contributed by atoms with van der Waals surface area (Å²) in [4.78, 5) is 1.09. The number of thioether (sulfide) groups is 1. The molecule has 1 aliphatic rings. The van der Waals surface area contributed by atoms with Gasteiger partial charge in [0.1, 0.15) is 11.5 Å². The van der Waals surface area contributed by atoms with Gasteiger partial charge >= 0.3 is 0 Å². The number of hydrogen-bond acceptors (Lipinski definition) is 4. The van der Waals surface area contributed by atoms with Gasteiger partial charge in [-0.05, 0) is 60.3 Å². The Balaban J connectivity index is 2.08. The average Bonchev–Trinajstić information content (AvgIpc) is 2.99. The average molecular weight is 379 g/mol. The lowest BCUT2D eigenvalue weighted by Crippen LogP contribution is -2.00. The maximum Gasteiger partial charge on any atom is 0.127 e. The van der Waals surface area contributed by atoms with Gasteiger partial charge < -0.3 is 15.3 Å². The number of phenols is 2. The quantitative estimate of drug-likeness (QED) is 0.446. The van der Waals surface area contributed by atoms with Gasteiger partial charge in [-0.1, -0.05) is 39.5 Å². The number of aromatic hydroxyl groups is 2. The van der Waals surface area contributed by atoms with Crippen molar-refractivity contribution in [2.45, 2.75) is 78.2 Å². The molecule has 1 aromatic carbocycles. The zero-order valence-electron chi connectivity index (χ0n) is 16.4. The van der Waals surface area contributed by atoms with Crippen LogP contribution < -0.4 is 0 Å². The van der Waals surface area contributed by atoms with Crippen molar-refractivity contribution in [3.8, 4) is 11.5 Å². The zero-order valence-corrected chi connectivity index (χ0v) is 17.2. The summed E-state index contributed by atoms with van der Waals surface area (Å²) in [6.07, 6.45) is 8.02. The lowest BCUT2D eigenvalue weighted by molar-refractivity contribution is 0.197. The van der Waals surface area contributed by atoms with E-state index in [9.17, 15) is 15.3 Å². The summed E-state index contributed by atoms with van der Waals surface area (Å²) in [7, 11) is 0. The third kappa shape index (κ3) is 5.95. The zero-order chi connectivity index (χ0) is 19.1. The molecule has 1 aliphatic heterocycles. The van der Waals surface area contributed by atoms with Crippen LogP contribution in [-0.2, 0) is 6.42 Å². The molecule has 2 rings (SSSR count). The molecule has 0 spiro atoms. The number of hydrogen-bond donors (Lipinski definition) is 3. The van der Waals surface area contributed by atoms with Gasteiger partial charge in [0.25, 0.3) is 0 Å². The fourth-order valence-electron chi connectivity index (χ4n) is 3.64. The second-order valence-electron chi connectivity index (χ2n) is 7.70. The number of allylic oxidation sites excluding steroid dienone is 1. The predicted octanol–water partition coefficient (Wildman–Crippen LogP) is 5.87. The normalized spacial score (nSPS) is 16.9. The SMILES string of the molecule is CCCCCC(C)CCc1cc(O)c(C2=C(CC(C)O)SCC2)c(O)c1. The highest BCUT2D eigenvalue weighted by Gasteiger charge is 2.23. The molecule has 26 heavy (non-hydrogen) atoms. The molecule has 0 saturated carbocycles. The van der Waals surface area contributed by atoms with Gasteiger partial charge in [-0.3, -0.25) is 0 Å². The molecular formula is C22H34O3S. The van der Waals surface area contributed by atoms with E-state index >= 15 is 0 Å². The van der Waals surface area contributed by atoms with Gasteiger partial charge in [0.05, 0.1) is 11.7 Å². The first-order valence-corrected chi connectivity index (χ1v) is 11.0. The molecule has 1 heterocycles. The van der Waals surface area contributed by atoms with Crippen molar-refractivity contribution in [1.82, 2.24) is 0 Å². The second-order valence-corrected chi connectivity index (χ2v) is 8.89. The van der Waals surface area contributed by atoms with Crippen LogP contribution in [0.25, 0.3) is 5.57 Å². The fourth-order valence-corrected chi connectivity index (χ4v) is 4.93. The molecule has 4 heteroatoms. The molecule has 3 nitrogen and oxygen atoms in total. The van der Waals surface area contributed by atoms with Crippen molar-refractivity contribution >= 4 is 17.3 Å². The van der Waals surface area contributed by atoms with E-state index in [0.717, 1.165) is 41.1 Å². The number of aliphatic hydroxyl groups is 1. The van der Waals surface area contributed by atoms with E-state index in [2.05, 4.69) is 13.8 Å². The summed E-state index contributed by atoms with van der Waals surface area (Å²) in [6.45, 7) is 6.28. The van der Waals surface area contributed by atoms with Gasteiger partial charge in [-0.15, -0.1) is 11.8 Å². The number of benzene rings is 1. The van der Waals surface area contributed by atoms with Crippen molar-refractivity contribution < 1.29 is 15.3 Å². The van der Waals surface area contributed by atoms with Crippen molar-refractivity contribution in [2.75, 3.05) is 5.75 Å². The number of phenolic OH excluding ortho intramolecular Hbond substituents is 2. The van der Waals surface area contributed by atoms with Crippen LogP contribution in [0.3, 0.4) is 0 Å². The van der Waals surface area contributed by atoms with E-state index in [1.807, 2.05) is 12.1 Å². The molecule has 1 aromatic rings. The molecule has 0 aromatic heterocycles. The lowest BCUT2D eigenvalue weighted by atomic mass is 9.93. The Morgan fingerprint density at radius 1 is 1.08 bits per heavy atom. The molecule has 2 unspecified atom stereocenters. The van der Waals surface area contributed by atoms with Crippen LogP contribution in [-0.4, -0.2) is 27.2 Å². The van der Waals surface area contributed by atoms with Crippen LogP contribution in [0, 0.1) is 5.92 Å². The van der Waals surface area contributed by atoms with E-state index in [0.29, 0.717) is 17.9 Å². The number of aliphatic hydroxyl groups excluding tert-OH is 1. The molecule has 2 atom stereocenters. The first kappa shape index (κ1) is 21.2. The smallest absolute Gasteiger partial charge is 0.127 e. The Morgan fingerprint density at radius 2 is 1.77 bits per heavy atom. The Hall–Kier alpha value is -1.13. The summed E-state index contributed by atoms with van der Waals surface area (Å²) < 4.78 is 0. The molecule has 0 aliphatic carbocycles. The first-order chi connectivity index (χ1) is 12.4. The third-order valence-corrected chi connectivity index (χ3v) is 6.30. The maximum atomic E-state index is 10.6. The molecule has 0 amide bonds. The van der Waals surface area contributed by atoms with Crippen molar-refractivity contribution in [3.05, 3.63) is 28.2 Å². The van der Waals surface area contributed by atoms with Gasteiger partial charge in [0.2, 0.25) is 0 Å². The molecule has 0 bridgehead atoms. The minimum Gasteiger partial charge on any atom is -0.507 e. The summed E-state index contributed by atoms with van der Waals surface area (Å²) in [5.74, 6) is 1.93. The standard InChI is InChI=1S/C22H34O3S/c1-4-5-6-7-15(2)8-9-17-13-19(24)22(20(25)14-17)18-10-11-26-21(18)12-16(3)23/h13-16,23-25H,4-12H2,1-3H3. The van der Waals surface area contributed by atoms with Gasteiger partial charge in [0.15, 0.2) is 0 Å². The molecule has 0 fully saturated rings. The fraction of sp³-hybridized carbons (Fsp3) is 0.636. The van der Waals surface area contributed by atoms with E-state index < -0.39 is 6.10 Å². The molecule has 0 radical (unpaired) electrons. The Kier molecular flexibility index (Phi) is 8.36. The first-order valence-electron chi connectivity index (χ1n) is 10.0. The summed E-state index contributed by atoms with van der Waals surface area (Å²) >= 11 is 1.72. The topological polar surface area (TPSA) is 60.7 Å². The Morgan fingerprint density at radius 3 is 2.38 bits per heavy atom. The molecular weight excluding hydrogens is 344 g/mol. The second kappa shape index (κ2) is 10.3.